The van der Waals surface area contributed by atoms with Crippen molar-refractivity contribution in [2.24, 2.45) is 0 Å². The molecule has 16 heavy (non-hydrogen) atoms. The molecule has 0 saturated carbocycles. The Hall–Kier alpha value is -1.42. The lowest BCUT2D eigenvalue weighted by atomic mass is 9.75. The average Bonchev–Trinajstić information content (AvgIpc) is 2.39. The number of hydrogen-bond acceptors (Lipinski definition) is 4. The number of carbonyl (C=O) groups excluding carboxylic acids is 1. The summed E-state index contributed by atoms with van der Waals surface area (Å²) in [6, 6.07) is 3.77. The van der Waals surface area contributed by atoms with Crippen LogP contribution < -0.4 is 0 Å². The first-order chi connectivity index (χ1) is 7.79. The maximum Gasteiger partial charge on any atom is 0.316 e. The molecule has 4 nitrogen and oxygen atoms in total. The summed E-state index contributed by atoms with van der Waals surface area (Å²) in [5.41, 5.74) is 0.353. The number of nitrogens with zero attached hydrogens (tertiary/aromatic N) is 1. The highest BCUT2D eigenvalue weighted by Gasteiger charge is 2.42. The van der Waals surface area contributed by atoms with Crippen molar-refractivity contribution >= 4 is 5.97 Å². The molecule has 4 heteroatoms. The van der Waals surface area contributed by atoms with Crippen molar-refractivity contribution in [3.63, 3.8) is 0 Å². The molecular weight excluding hydrogens is 206 g/mol. The fourth-order valence-corrected chi connectivity index (χ4v) is 2.17. The van der Waals surface area contributed by atoms with E-state index >= 15 is 0 Å². The van der Waals surface area contributed by atoms with Crippen LogP contribution >= 0.6 is 0 Å². The lowest BCUT2D eigenvalue weighted by molar-refractivity contribution is -0.151. The topological polar surface area (TPSA) is 48.4 Å². The van der Waals surface area contributed by atoms with Crippen LogP contribution in [0.3, 0.4) is 0 Å². The number of carbonyl (C=O) groups is 1. The maximum atomic E-state index is 12.0. The third-order valence-electron chi connectivity index (χ3n) is 3.14. The minimum Gasteiger partial charge on any atom is -0.468 e. The number of hydrogen-bond donors (Lipinski definition) is 0. The Morgan fingerprint density at radius 1 is 1.50 bits per heavy atom. The first-order valence-corrected chi connectivity index (χ1v) is 5.36. The summed E-state index contributed by atoms with van der Waals surface area (Å²) in [5.74, 6) is -0.191. The number of ether oxygens (including phenoxy) is 2. The smallest absolute Gasteiger partial charge is 0.316 e. The normalized spacial score (nSPS) is 19.1. The summed E-state index contributed by atoms with van der Waals surface area (Å²) in [6.07, 6.45) is 4.76. The number of rotatable bonds is 2. The van der Waals surface area contributed by atoms with Gasteiger partial charge < -0.3 is 9.47 Å². The van der Waals surface area contributed by atoms with E-state index in [1.807, 2.05) is 12.1 Å². The van der Waals surface area contributed by atoms with E-state index in [0.717, 1.165) is 5.56 Å². The zero-order chi connectivity index (χ0) is 11.4. The van der Waals surface area contributed by atoms with Gasteiger partial charge in [-0.25, -0.2) is 0 Å². The molecule has 0 unspecified atom stereocenters. The minimum atomic E-state index is -0.568. The van der Waals surface area contributed by atoms with Gasteiger partial charge in [-0.2, -0.15) is 0 Å². The number of aromatic nitrogens is 1. The van der Waals surface area contributed by atoms with Gasteiger partial charge in [0, 0.05) is 25.6 Å². The van der Waals surface area contributed by atoms with Gasteiger partial charge in [0.1, 0.15) is 0 Å². The van der Waals surface area contributed by atoms with Crippen molar-refractivity contribution in [1.29, 1.82) is 0 Å². The van der Waals surface area contributed by atoms with E-state index in [9.17, 15) is 4.79 Å². The molecule has 2 rings (SSSR count). The first kappa shape index (κ1) is 11.1. The predicted molar refractivity (Wildman–Crippen MR) is 58.0 cm³/mol. The van der Waals surface area contributed by atoms with Gasteiger partial charge in [-0.05, 0) is 24.5 Å². The number of esters is 1. The van der Waals surface area contributed by atoms with Crippen molar-refractivity contribution < 1.29 is 14.3 Å². The zero-order valence-electron chi connectivity index (χ0n) is 9.31. The second-order valence-electron chi connectivity index (χ2n) is 3.93. The molecule has 0 aliphatic carbocycles. The lowest BCUT2D eigenvalue weighted by Crippen LogP contribution is -2.42. The Balaban J connectivity index is 2.38. The van der Waals surface area contributed by atoms with Crippen molar-refractivity contribution in [3.05, 3.63) is 30.1 Å². The summed E-state index contributed by atoms with van der Waals surface area (Å²) in [6.45, 7) is 1.17. The van der Waals surface area contributed by atoms with E-state index in [4.69, 9.17) is 9.47 Å². The molecule has 1 aliphatic heterocycles. The monoisotopic (exact) mass is 221 g/mol. The van der Waals surface area contributed by atoms with E-state index in [2.05, 4.69) is 4.98 Å². The number of methoxy groups -OCH3 is 1. The standard InChI is InChI=1S/C12H15NO3/c1-15-11(14)12(4-7-16-8-5-12)10-3-2-6-13-9-10/h2-3,6,9H,4-5,7-8H2,1H3. The average molecular weight is 221 g/mol. The largest absolute Gasteiger partial charge is 0.468 e. The van der Waals surface area contributed by atoms with Gasteiger partial charge in [-0.15, -0.1) is 0 Å². The Bertz CT molecular complexity index is 358. The molecule has 86 valence electrons. The molecule has 1 aromatic rings. The molecule has 2 heterocycles. The fraction of sp³-hybridized carbons (Fsp3) is 0.500. The van der Waals surface area contributed by atoms with Crippen molar-refractivity contribution in [1.82, 2.24) is 4.98 Å². The Morgan fingerprint density at radius 2 is 2.25 bits per heavy atom. The Kier molecular flexibility index (Phi) is 3.19. The van der Waals surface area contributed by atoms with Gasteiger partial charge in [0.25, 0.3) is 0 Å². The van der Waals surface area contributed by atoms with Gasteiger partial charge in [0.2, 0.25) is 0 Å². The molecule has 0 atom stereocenters. The van der Waals surface area contributed by atoms with Crippen LogP contribution in [0.2, 0.25) is 0 Å². The van der Waals surface area contributed by atoms with Crippen LogP contribution in [0.4, 0.5) is 0 Å². The highest BCUT2D eigenvalue weighted by Crippen LogP contribution is 2.35. The van der Waals surface area contributed by atoms with Crippen molar-refractivity contribution in [3.8, 4) is 0 Å². The van der Waals surface area contributed by atoms with Gasteiger partial charge >= 0.3 is 5.97 Å². The molecule has 1 saturated heterocycles. The minimum absolute atomic E-state index is 0.191. The van der Waals surface area contributed by atoms with Crippen LogP contribution in [-0.4, -0.2) is 31.3 Å². The molecule has 0 radical (unpaired) electrons. The predicted octanol–water partition coefficient (Wildman–Crippen LogP) is 1.30. The second-order valence-corrected chi connectivity index (χ2v) is 3.93. The third kappa shape index (κ3) is 1.80. The van der Waals surface area contributed by atoms with Gasteiger partial charge in [0.15, 0.2) is 0 Å². The van der Waals surface area contributed by atoms with Crippen LogP contribution in [0.25, 0.3) is 0 Å². The van der Waals surface area contributed by atoms with Crippen LogP contribution in [0, 0.1) is 0 Å². The summed E-state index contributed by atoms with van der Waals surface area (Å²) in [5, 5.41) is 0. The van der Waals surface area contributed by atoms with Crippen LogP contribution in [0.1, 0.15) is 18.4 Å². The molecule has 1 aliphatic rings. The third-order valence-corrected chi connectivity index (χ3v) is 3.14. The quantitative estimate of drug-likeness (QED) is 0.706. The summed E-state index contributed by atoms with van der Waals surface area (Å²) < 4.78 is 10.2. The summed E-state index contributed by atoms with van der Waals surface area (Å²) in [4.78, 5) is 16.1. The molecule has 1 aromatic heterocycles. The first-order valence-electron chi connectivity index (χ1n) is 5.36. The molecule has 0 amide bonds. The van der Waals surface area contributed by atoms with Crippen LogP contribution in [0.15, 0.2) is 24.5 Å². The van der Waals surface area contributed by atoms with E-state index in [1.54, 1.807) is 12.4 Å². The second kappa shape index (κ2) is 4.61. The molecule has 0 N–H and O–H groups in total. The molecule has 0 bridgehead atoms. The molecular formula is C12H15NO3. The Morgan fingerprint density at radius 3 is 2.81 bits per heavy atom. The van der Waals surface area contributed by atoms with E-state index in [0.29, 0.717) is 26.1 Å². The molecule has 0 aromatic carbocycles. The fourth-order valence-electron chi connectivity index (χ4n) is 2.17. The Labute approximate surface area is 94.6 Å². The summed E-state index contributed by atoms with van der Waals surface area (Å²) >= 11 is 0. The number of pyridine rings is 1. The molecule has 0 spiro atoms. The van der Waals surface area contributed by atoms with Crippen molar-refractivity contribution in [2.75, 3.05) is 20.3 Å². The lowest BCUT2D eigenvalue weighted by Gasteiger charge is -2.34. The zero-order valence-corrected chi connectivity index (χ0v) is 9.31. The van der Waals surface area contributed by atoms with Gasteiger partial charge in [0.05, 0.1) is 12.5 Å². The van der Waals surface area contributed by atoms with E-state index in [-0.39, 0.29) is 5.97 Å². The van der Waals surface area contributed by atoms with Gasteiger partial charge in [-0.1, -0.05) is 6.07 Å². The van der Waals surface area contributed by atoms with E-state index in [1.165, 1.54) is 7.11 Å². The highest BCUT2D eigenvalue weighted by molar-refractivity contribution is 5.83. The van der Waals surface area contributed by atoms with Crippen LogP contribution in [-0.2, 0) is 19.7 Å². The SMILES string of the molecule is COC(=O)C1(c2cccnc2)CCOCC1. The van der Waals surface area contributed by atoms with Crippen molar-refractivity contribution in [2.45, 2.75) is 18.3 Å². The maximum absolute atomic E-state index is 12.0. The van der Waals surface area contributed by atoms with Crippen LogP contribution in [0.5, 0.6) is 0 Å². The van der Waals surface area contributed by atoms with Gasteiger partial charge in [-0.3, -0.25) is 9.78 Å². The summed E-state index contributed by atoms with van der Waals surface area (Å²) in [7, 11) is 1.43. The highest BCUT2D eigenvalue weighted by atomic mass is 16.5. The van der Waals surface area contributed by atoms with E-state index < -0.39 is 5.41 Å². The molecule has 1 fully saturated rings.